The van der Waals surface area contributed by atoms with Gasteiger partial charge < -0.3 is 0 Å². The largest absolute Gasteiger partial charge is 0.295 e. The van der Waals surface area contributed by atoms with E-state index in [4.69, 9.17) is 12.2 Å². The summed E-state index contributed by atoms with van der Waals surface area (Å²) >= 11 is 5.44. The molecule has 0 spiro atoms. The normalized spacial score (nSPS) is 26.5. The molecule has 4 nitrogen and oxygen atoms in total. The Morgan fingerprint density at radius 1 is 1.32 bits per heavy atom. The highest BCUT2D eigenvalue weighted by molar-refractivity contribution is 7.71. The molecule has 5 heteroatoms. The molecule has 2 aliphatic rings. The van der Waals surface area contributed by atoms with Gasteiger partial charge in [-0.05, 0) is 56.0 Å². The Morgan fingerprint density at radius 2 is 2.05 bits per heavy atom. The maximum Gasteiger partial charge on any atom is 0.199 e. The lowest BCUT2D eigenvalue weighted by atomic mass is 10.0. The zero-order valence-electron chi connectivity index (χ0n) is 12.6. The van der Waals surface area contributed by atoms with Crippen LogP contribution in [0.4, 0.5) is 0 Å². The first-order valence-corrected chi connectivity index (χ1v) is 8.36. The Hall–Kier alpha value is -1.75. The quantitative estimate of drug-likeness (QED) is 0.687. The van der Waals surface area contributed by atoms with E-state index in [0.29, 0.717) is 16.3 Å². The zero-order valence-corrected chi connectivity index (χ0v) is 13.4. The van der Waals surface area contributed by atoms with Crippen LogP contribution >= 0.6 is 12.2 Å². The smallest absolute Gasteiger partial charge is 0.199 e. The summed E-state index contributed by atoms with van der Waals surface area (Å²) in [6.45, 7) is 1.59. The lowest BCUT2D eigenvalue weighted by Crippen LogP contribution is -2.03. The molecule has 0 bridgehead atoms. The lowest BCUT2D eigenvalue weighted by molar-refractivity contribution is 0.101. The van der Waals surface area contributed by atoms with Crippen molar-refractivity contribution in [1.29, 1.82) is 0 Å². The van der Waals surface area contributed by atoms with Crippen molar-refractivity contribution < 1.29 is 4.79 Å². The molecule has 0 radical (unpaired) electrons. The number of rotatable bonds is 3. The minimum absolute atomic E-state index is 0.0681. The molecule has 0 saturated heterocycles. The van der Waals surface area contributed by atoms with Gasteiger partial charge in [0.05, 0.1) is 5.69 Å². The highest BCUT2D eigenvalue weighted by atomic mass is 32.1. The SMILES string of the molecule is CC(=O)c1cccc(-n2c(C3C4CCCCC43)n[nH]c2=S)c1. The van der Waals surface area contributed by atoms with Gasteiger partial charge in [0.25, 0.3) is 0 Å². The highest BCUT2D eigenvalue weighted by Crippen LogP contribution is 2.60. The number of nitrogens with one attached hydrogen (secondary N) is 1. The number of fused-ring (bicyclic) bond motifs is 1. The number of ketones is 1. The molecule has 2 fully saturated rings. The van der Waals surface area contributed by atoms with Gasteiger partial charge in [-0.1, -0.05) is 25.0 Å². The standard InChI is InChI=1S/C17H19N3OS/c1-10(21)11-5-4-6-12(9-11)20-16(18-19-17(20)22)15-13-7-2-3-8-14(13)15/h4-6,9,13-15H,2-3,7-8H2,1H3,(H,19,22). The van der Waals surface area contributed by atoms with Gasteiger partial charge in [0.2, 0.25) is 0 Å². The van der Waals surface area contributed by atoms with Gasteiger partial charge >= 0.3 is 0 Å². The maximum absolute atomic E-state index is 11.6. The van der Waals surface area contributed by atoms with Crippen LogP contribution in [0.5, 0.6) is 0 Å². The van der Waals surface area contributed by atoms with E-state index in [-0.39, 0.29) is 5.78 Å². The highest BCUT2D eigenvalue weighted by Gasteiger charge is 2.53. The Labute approximate surface area is 134 Å². The molecule has 114 valence electrons. The van der Waals surface area contributed by atoms with Crippen LogP contribution in [0.2, 0.25) is 0 Å². The van der Waals surface area contributed by atoms with Crippen molar-refractivity contribution in [1.82, 2.24) is 14.8 Å². The fourth-order valence-electron chi connectivity index (χ4n) is 4.02. The number of carbonyl (C=O) groups is 1. The molecule has 2 aromatic rings. The molecule has 1 aromatic carbocycles. The van der Waals surface area contributed by atoms with Gasteiger partial charge in [0.15, 0.2) is 10.6 Å². The van der Waals surface area contributed by atoms with Crippen molar-refractivity contribution in [2.75, 3.05) is 0 Å². The molecule has 2 atom stereocenters. The molecule has 0 aliphatic heterocycles. The molecular formula is C17H19N3OS. The molecule has 2 saturated carbocycles. The Morgan fingerprint density at radius 3 is 2.73 bits per heavy atom. The van der Waals surface area contributed by atoms with Crippen LogP contribution in [0, 0.1) is 16.6 Å². The number of benzene rings is 1. The third-order valence-corrected chi connectivity index (χ3v) is 5.44. The van der Waals surface area contributed by atoms with E-state index >= 15 is 0 Å². The minimum Gasteiger partial charge on any atom is -0.295 e. The van der Waals surface area contributed by atoms with Gasteiger partial charge in [-0.15, -0.1) is 0 Å². The molecule has 2 unspecified atom stereocenters. The van der Waals surface area contributed by atoms with Gasteiger partial charge in [0, 0.05) is 11.5 Å². The summed E-state index contributed by atoms with van der Waals surface area (Å²) in [5.74, 6) is 3.18. The third kappa shape index (κ3) is 2.15. The Bertz CT molecular complexity index is 779. The number of carbonyl (C=O) groups excluding carboxylic acids is 1. The van der Waals surface area contributed by atoms with E-state index in [0.717, 1.165) is 23.3 Å². The molecule has 2 aliphatic carbocycles. The molecule has 22 heavy (non-hydrogen) atoms. The number of hydrogen-bond acceptors (Lipinski definition) is 3. The zero-order chi connectivity index (χ0) is 15.3. The Kier molecular flexibility index (Phi) is 3.26. The molecular weight excluding hydrogens is 294 g/mol. The van der Waals surface area contributed by atoms with Crippen molar-refractivity contribution in [3.8, 4) is 5.69 Å². The lowest BCUT2D eigenvalue weighted by Gasteiger charge is -2.08. The van der Waals surface area contributed by atoms with E-state index < -0.39 is 0 Å². The van der Waals surface area contributed by atoms with Gasteiger partial charge in [-0.2, -0.15) is 5.10 Å². The summed E-state index contributed by atoms with van der Waals surface area (Å²) in [7, 11) is 0. The van der Waals surface area contributed by atoms with Crippen LogP contribution in [-0.4, -0.2) is 20.5 Å². The van der Waals surface area contributed by atoms with Gasteiger partial charge in [-0.3, -0.25) is 14.5 Å². The molecule has 1 heterocycles. The van der Waals surface area contributed by atoms with E-state index in [1.54, 1.807) is 6.92 Å². The number of nitrogens with zero attached hydrogens (tertiary/aromatic N) is 2. The van der Waals surface area contributed by atoms with E-state index in [9.17, 15) is 4.79 Å². The first-order chi connectivity index (χ1) is 10.7. The number of Topliss-reactive ketones (excluding diaryl/α,β-unsaturated/α-hetero) is 1. The van der Waals surface area contributed by atoms with E-state index in [2.05, 4.69) is 10.2 Å². The van der Waals surface area contributed by atoms with Crippen molar-refractivity contribution in [2.45, 2.75) is 38.5 Å². The monoisotopic (exact) mass is 313 g/mol. The van der Waals surface area contributed by atoms with Crippen LogP contribution in [0.15, 0.2) is 24.3 Å². The predicted molar refractivity (Wildman–Crippen MR) is 86.9 cm³/mol. The van der Waals surface area contributed by atoms with Crippen molar-refractivity contribution in [3.05, 3.63) is 40.4 Å². The van der Waals surface area contributed by atoms with E-state index in [1.165, 1.54) is 25.7 Å². The fraction of sp³-hybridized carbons (Fsp3) is 0.471. The first-order valence-electron chi connectivity index (χ1n) is 7.95. The van der Waals surface area contributed by atoms with Crippen LogP contribution < -0.4 is 0 Å². The van der Waals surface area contributed by atoms with Crippen molar-refractivity contribution in [3.63, 3.8) is 0 Å². The van der Waals surface area contributed by atoms with E-state index in [1.807, 2.05) is 28.8 Å². The minimum atomic E-state index is 0.0681. The first kappa shape index (κ1) is 13.9. The van der Waals surface area contributed by atoms with Crippen LogP contribution in [-0.2, 0) is 0 Å². The number of aromatic amines is 1. The number of H-pyrrole nitrogens is 1. The second-order valence-electron chi connectivity index (χ2n) is 6.47. The van der Waals surface area contributed by atoms with Crippen LogP contribution in [0.25, 0.3) is 5.69 Å². The predicted octanol–water partition coefficient (Wildman–Crippen LogP) is 4.04. The second kappa shape index (κ2) is 5.16. The average Bonchev–Trinajstić information content (AvgIpc) is 3.14. The maximum atomic E-state index is 11.6. The van der Waals surface area contributed by atoms with Crippen LogP contribution in [0.3, 0.4) is 0 Å². The molecule has 1 aromatic heterocycles. The second-order valence-corrected chi connectivity index (χ2v) is 6.85. The van der Waals surface area contributed by atoms with Crippen molar-refractivity contribution >= 4 is 18.0 Å². The number of hydrogen-bond donors (Lipinski definition) is 1. The van der Waals surface area contributed by atoms with Gasteiger partial charge in [0.1, 0.15) is 5.82 Å². The summed E-state index contributed by atoms with van der Waals surface area (Å²) in [5.41, 5.74) is 1.64. The fourth-order valence-corrected chi connectivity index (χ4v) is 4.27. The molecule has 1 N–H and O–H groups in total. The summed E-state index contributed by atoms with van der Waals surface area (Å²) in [6, 6.07) is 7.65. The molecule has 4 rings (SSSR count). The summed E-state index contributed by atoms with van der Waals surface area (Å²) in [6.07, 6.45) is 5.29. The Balaban J connectivity index is 1.77. The van der Waals surface area contributed by atoms with Crippen molar-refractivity contribution in [2.24, 2.45) is 11.8 Å². The topological polar surface area (TPSA) is 50.7 Å². The third-order valence-electron chi connectivity index (χ3n) is 5.16. The summed E-state index contributed by atoms with van der Waals surface area (Å²) < 4.78 is 2.63. The van der Waals surface area contributed by atoms with Crippen LogP contribution in [0.1, 0.15) is 54.7 Å². The number of aromatic nitrogens is 3. The summed E-state index contributed by atoms with van der Waals surface area (Å²) in [4.78, 5) is 11.6. The molecule has 0 amide bonds. The summed E-state index contributed by atoms with van der Waals surface area (Å²) in [5, 5.41) is 7.46. The average molecular weight is 313 g/mol. The van der Waals surface area contributed by atoms with Gasteiger partial charge in [-0.25, -0.2) is 0 Å².